The number of aromatic nitrogens is 2. The van der Waals surface area contributed by atoms with Crippen LogP contribution in [0.4, 0.5) is 0 Å². The van der Waals surface area contributed by atoms with Crippen molar-refractivity contribution in [1.29, 1.82) is 0 Å². The Labute approximate surface area is 143 Å². The molecule has 122 valence electrons. The van der Waals surface area contributed by atoms with Crippen molar-refractivity contribution in [3.05, 3.63) is 76.0 Å². The largest absolute Gasteiger partial charge is 0.271 e. The monoisotopic (exact) mass is 361 g/mol. The number of nitrogens with two attached hydrogens (primary N) is 1. The fraction of sp³-hybridized carbons (Fsp3) is 0. The predicted octanol–water partition coefficient (Wildman–Crippen LogP) is 2.20. The van der Waals surface area contributed by atoms with Crippen LogP contribution in [-0.4, -0.2) is 18.2 Å². The van der Waals surface area contributed by atoms with Gasteiger partial charge >= 0.3 is 0 Å². The number of halogens is 1. The average Bonchev–Trinajstić information content (AvgIpc) is 2.55. The molecule has 0 saturated carbocycles. The summed E-state index contributed by atoms with van der Waals surface area (Å²) in [7, 11) is -3.79. The molecule has 8 heteroatoms. The Morgan fingerprint density at radius 2 is 1.54 bits per heavy atom. The third-order valence-corrected chi connectivity index (χ3v) is 4.53. The normalized spacial score (nSPS) is 11.4. The first kappa shape index (κ1) is 16.4. The van der Waals surface area contributed by atoms with Gasteiger partial charge in [-0.05, 0) is 42.5 Å². The van der Waals surface area contributed by atoms with Gasteiger partial charge in [0.05, 0.1) is 16.3 Å². The summed E-state index contributed by atoms with van der Waals surface area (Å²) in [5.74, 6) is 0. The fourth-order valence-electron chi connectivity index (χ4n) is 2.15. The summed E-state index contributed by atoms with van der Waals surface area (Å²) in [6, 6.07) is 15.7. The highest BCUT2D eigenvalue weighted by molar-refractivity contribution is 7.89. The van der Waals surface area contributed by atoms with Crippen LogP contribution in [0.15, 0.2) is 70.4 Å². The summed E-state index contributed by atoms with van der Waals surface area (Å²) in [5, 5.41) is 9.98. The lowest BCUT2D eigenvalue weighted by Gasteiger charge is -2.08. The van der Waals surface area contributed by atoms with E-state index in [4.69, 9.17) is 16.7 Å². The number of hydrogen-bond donors (Lipinski definition) is 1. The topological polar surface area (TPSA) is 95.1 Å². The van der Waals surface area contributed by atoms with E-state index in [2.05, 4.69) is 5.10 Å². The van der Waals surface area contributed by atoms with Gasteiger partial charge in [0.1, 0.15) is 0 Å². The summed E-state index contributed by atoms with van der Waals surface area (Å²) < 4.78 is 23.8. The van der Waals surface area contributed by atoms with Crippen LogP contribution in [-0.2, 0) is 10.0 Å². The molecular formula is C16H12ClN3O3S. The lowest BCUT2D eigenvalue weighted by molar-refractivity contribution is 0.597. The molecule has 1 aromatic heterocycles. The van der Waals surface area contributed by atoms with E-state index >= 15 is 0 Å². The van der Waals surface area contributed by atoms with Crippen molar-refractivity contribution in [1.82, 2.24) is 9.78 Å². The van der Waals surface area contributed by atoms with E-state index in [9.17, 15) is 13.2 Å². The van der Waals surface area contributed by atoms with Crippen LogP contribution < -0.4 is 10.7 Å². The molecule has 0 saturated heterocycles. The third kappa shape index (κ3) is 3.38. The van der Waals surface area contributed by atoms with Crippen molar-refractivity contribution in [2.24, 2.45) is 5.14 Å². The Kier molecular flexibility index (Phi) is 4.23. The molecule has 0 spiro atoms. The first-order valence-corrected chi connectivity index (χ1v) is 8.76. The summed E-state index contributed by atoms with van der Waals surface area (Å²) in [4.78, 5) is 12.0. The number of hydrogen-bond acceptors (Lipinski definition) is 4. The summed E-state index contributed by atoms with van der Waals surface area (Å²) in [6.07, 6.45) is 0. The van der Waals surface area contributed by atoms with E-state index in [0.717, 1.165) is 5.56 Å². The van der Waals surface area contributed by atoms with E-state index in [-0.39, 0.29) is 10.5 Å². The third-order valence-electron chi connectivity index (χ3n) is 3.35. The number of primary sulfonamides is 1. The molecule has 2 N–H and O–H groups in total. The highest BCUT2D eigenvalue weighted by Gasteiger charge is 2.09. The SMILES string of the molecule is NS(=O)(=O)c1ccc(-n2nc(-c3ccc(Cl)cc3)ccc2=O)cc1. The van der Waals surface area contributed by atoms with Crippen molar-refractivity contribution >= 4 is 21.6 Å². The molecule has 2 aromatic carbocycles. The van der Waals surface area contributed by atoms with Gasteiger partial charge in [-0.15, -0.1) is 0 Å². The van der Waals surface area contributed by atoms with Crippen LogP contribution in [0.3, 0.4) is 0 Å². The second-order valence-corrected chi connectivity index (χ2v) is 7.01. The smallest absolute Gasteiger partial charge is 0.267 e. The lowest BCUT2D eigenvalue weighted by atomic mass is 10.1. The van der Waals surface area contributed by atoms with Gasteiger partial charge in [0.15, 0.2) is 0 Å². The van der Waals surface area contributed by atoms with Crippen LogP contribution in [0.25, 0.3) is 16.9 Å². The number of benzene rings is 2. The van der Waals surface area contributed by atoms with Gasteiger partial charge in [0.2, 0.25) is 10.0 Å². The Hall–Kier alpha value is -2.48. The van der Waals surface area contributed by atoms with E-state index in [0.29, 0.717) is 16.4 Å². The first-order valence-electron chi connectivity index (χ1n) is 6.84. The quantitative estimate of drug-likeness (QED) is 0.773. The van der Waals surface area contributed by atoms with E-state index < -0.39 is 10.0 Å². The minimum absolute atomic E-state index is 0.0341. The minimum atomic E-state index is -3.79. The molecule has 1 heterocycles. The zero-order valence-corrected chi connectivity index (χ0v) is 13.8. The second kappa shape index (κ2) is 6.20. The molecular weight excluding hydrogens is 350 g/mol. The average molecular weight is 362 g/mol. The Morgan fingerprint density at radius 3 is 2.12 bits per heavy atom. The first-order chi connectivity index (χ1) is 11.3. The van der Waals surface area contributed by atoms with Crippen LogP contribution in [0.2, 0.25) is 5.02 Å². The molecule has 6 nitrogen and oxygen atoms in total. The lowest BCUT2D eigenvalue weighted by Crippen LogP contribution is -2.20. The van der Waals surface area contributed by atoms with E-state index in [1.54, 1.807) is 30.3 Å². The van der Waals surface area contributed by atoms with E-state index in [1.807, 2.05) is 0 Å². The van der Waals surface area contributed by atoms with Gasteiger partial charge in [-0.2, -0.15) is 9.78 Å². The molecule has 0 radical (unpaired) electrons. The van der Waals surface area contributed by atoms with E-state index in [1.165, 1.54) is 35.0 Å². The number of rotatable bonds is 3. The molecule has 0 fully saturated rings. The molecule has 3 aromatic rings. The standard InChI is InChI=1S/C16H12ClN3O3S/c17-12-3-1-11(2-4-12)15-9-10-16(21)20(19-15)13-5-7-14(8-6-13)24(18,22)23/h1-10H,(H2,18,22,23). The highest BCUT2D eigenvalue weighted by Crippen LogP contribution is 2.19. The molecule has 0 bridgehead atoms. The van der Waals surface area contributed by atoms with Crippen LogP contribution in [0.5, 0.6) is 0 Å². The minimum Gasteiger partial charge on any atom is -0.267 e. The zero-order valence-electron chi connectivity index (χ0n) is 12.3. The Balaban J connectivity index is 2.06. The van der Waals surface area contributed by atoms with Crippen LogP contribution >= 0.6 is 11.6 Å². The fourth-order valence-corrected chi connectivity index (χ4v) is 2.79. The predicted molar refractivity (Wildman–Crippen MR) is 91.7 cm³/mol. The molecule has 0 aliphatic carbocycles. The van der Waals surface area contributed by atoms with Crippen molar-refractivity contribution in [3.8, 4) is 16.9 Å². The highest BCUT2D eigenvalue weighted by atomic mass is 35.5. The molecule has 3 rings (SSSR count). The molecule has 0 aliphatic rings. The van der Waals surface area contributed by atoms with Crippen molar-refractivity contribution in [3.63, 3.8) is 0 Å². The zero-order chi connectivity index (χ0) is 17.3. The van der Waals surface area contributed by atoms with Crippen molar-refractivity contribution in [2.75, 3.05) is 0 Å². The Bertz CT molecular complexity index is 1040. The van der Waals surface area contributed by atoms with Gasteiger partial charge in [-0.1, -0.05) is 23.7 Å². The van der Waals surface area contributed by atoms with Gasteiger partial charge in [-0.3, -0.25) is 4.79 Å². The summed E-state index contributed by atoms with van der Waals surface area (Å²) in [6.45, 7) is 0. The van der Waals surface area contributed by atoms with Crippen LogP contribution in [0, 0.1) is 0 Å². The molecule has 0 unspecified atom stereocenters. The maximum atomic E-state index is 12.1. The van der Waals surface area contributed by atoms with Gasteiger partial charge in [0.25, 0.3) is 5.56 Å². The summed E-state index contributed by atoms with van der Waals surface area (Å²) in [5.41, 5.74) is 1.48. The van der Waals surface area contributed by atoms with Crippen LogP contribution in [0.1, 0.15) is 0 Å². The van der Waals surface area contributed by atoms with Crippen molar-refractivity contribution < 1.29 is 8.42 Å². The Morgan fingerprint density at radius 1 is 0.917 bits per heavy atom. The molecule has 0 amide bonds. The van der Waals surface area contributed by atoms with Crippen molar-refractivity contribution in [2.45, 2.75) is 4.90 Å². The molecule has 0 aliphatic heterocycles. The molecule has 0 atom stereocenters. The van der Waals surface area contributed by atoms with Gasteiger partial charge in [-0.25, -0.2) is 13.6 Å². The molecule has 24 heavy (non-hydrogen) atoms. The van der Waals surface area contributed by atoms with Gasteiger partial charge in [0, 0.05) is 16.7 Å². The van der Waals surface area contributed by atoms with Gasteiger partial charge < -0.3 is 0 Å². The number of nitrogens with zero attached hydrogens (tertiary/aromatic N) is 2. The number of sulfonamides is 1. The second-order valence-electron chi connectivity index (χ2n) is 5.01. The summed E-state index contributed by atoms with van der Waals surface area (Å²) >= 11 is 5.87. The maximum Gasteiger partial charge on any atom is 0.271 e. The maximum absolute atomic E-state index is 12.1.